The van der Waals surface area contributed by atoms with Crippen molar-refractivity contribution in [3.05, 3.63) is 22.8 Å². The monoisotopic (exact) mass is 426 g/mol. The largest absolute Gasteiger partial charge is 0.393 e. The summed E-state index contributed by atoms with van der Waals surface area (Å²) in [7, 11) is 0. The predicted octanol–water partition coefficient (Wildman–Crippen LogP) is 8.34. The van der Waals surface area contributed by atoms with E-state index < -0.39 is 0 Å². The molecule has 9 unspecified atom stereocenters. The van der Waals surface area contributed by atoms with Gasteiger partial charge in [0, 0.05) is 5.92 Å². The second-order valence-electron chi connectivity index (χ2n) is 13.2. The van der Waals surface area contributed by atoms with E-state index >= 15 is 0 Å². The van der Waals surface area contributed by atoms with Gasteiger partial charge in [-0.05, 0) is 118 Å². The summed E-state index contributed by atoms with van der Waals surface area (Å²) in [6.07, 6.45) is 14.3. The molecule has 4 aliphatic carbocycles. The van der Waals surface area contributed by atoms with E-state index in [2.05, 4.69) is 61.5 Å². The highest BCUT2D eigenvalue weighted by atomic mass is 16.3. The summed E-state index contributed by atoms with van der Waals surface area (Å²) in [6, 6.07) is 0. The summed E-state index contributed by atoms with van der Waals surface area (Å²) in [5.41, 5.74) is 6.03. The summed E-state index contributed by atoms with van der Waals surface area (Å²) in [6.45, 7) is 19.7. The number of fused-ring (bicyclic) bond motifs is 5. The standard InChI is InChI=1S/C30H50O/c1-19(2)20(3)9-10-21(4)23-13-17-30(8)26-12-11-24-22(5)27(31)15-16-28(24,6)25(26)14-18-29(23,30)7/h11,21-23,25-27,31H,9-10,12-18H2,1-8H3. The molecule has 0 aromatic heterocycles. The topological polar surface area (TPSA) is 20.2 Å². The fourth-order valence-electron chi connectivity index (χ4n) is 9.30. The fourth-order valence-corrected chi connectivity index (χ4v) is 9.30. The molecular weight excluding hydrogens is 376 g/mol. The van der Waals surface area contributed by atoms with Crippen molar-refractivity contribution in [1.82, 2.24) is 0 Å². The van der Waals surface area contributed by atoms with Gasteiger partial charge in [-0.1, -0.05) is 57.4 Å². The van der Waals surface area contributed by atoms with Crippen LogP contribution in [0.5, 0.6) is 0 Å². The second-order valence-corrected chi connectivity index (χ2v) is 13.2. The average Bonchev–Trinajstić information content (AvgIpc) is 3.00. The summed E-state index contributed by atoms with van der Waals surface area (Å²) in [5.74, 6) is 3.72. The van der Waals surface area contributed by atoms with Crippen molar-refractivity contribution in [1.29, 1.82) is 0 Å². The van der Waals surface area contributed by atoms with Crippen molar-refractivity contribution in [2.45, 2.75) is 119 Å². The van der Waals surface area contributed by atoms with Crippen LogP contribution < -0.4 is 0 Å². The lowest BCUT2D eigenvalue weighted by atomic mass is 9.41. The normalized spacial score (nSPS) is 47.6. The van der Waals surface area contributed by atoms with Crippen LogP contribution in [0.3, 0.4) is 0 Å². The van der Waals surface area contributed by atoms with Crippen molar-refractivity contribution in [2.75, 3.05) is 0 Å². The highest BCUT2D eigenvalue weighted by Gasteiger charge is 2.65. The lowest BCUT2D eigenvalue weighted by molar-refractivity contribution is -0.117. The molecule has 1 heteroatoms. The van der Waals surface area contributed by atoms with E-state index in [0.29, 0.717) is 22.2 Å². The molecule has 0 aromatic carbocycles. The maximum Gasteiger partial charge on any atom is 0.0603 e. The molecule has 0 heterocycles. The molecule has 0 spiro atoms. The van der Waals surface area contributed by atoms with Gasteiger partial charge in [0.1, 0.15) is 0 Å². The smallest absolute Gasteiger partial charge is 0.0603 e. The minimum absolute atomic E-state index is 0.124. The molecule has 4 rings (SSSR count). The zero-order chi connectivity index (χ0) is 22.8. The van der Waals surface area contributed by atoms with Crippen LogP contribution in [0.15, 0.2) is 22.8 Å². The van der Waals surface area contributed by atoms with Gasteiger partial charge in [0.05, 0.1) is 6.10 Å². The van der Waals surface area contributed by atoms with Crippen LogP contribution in [-0.2, 0) is 0 Å². The van der Waals surface area contributed by atoms with Gasteiger partial charge in [-0.2, -0.15) is 0 Å². The summed E-state index contributed by atoms with van der Waals surface area (Å²) >= 11 is 0. The number of rotatable bonds is 4. The van der Waals surface area contributed by atoms with Crippen LogP contribution in [0.1, 0.15) is 113 Å². The van der Waals surface area contributed by atoms with Crippen molar-refractivity contribution in [3.63, 3.8) is 0 Å². The molecule has 0 amide bonds. The Morgan fingerprint density at radius 1 is 1.00 bits per heavy atom. The molecule has 4 aliphatic rings. The maximum atomic E-state index is 10.5. The lowest BCUT2D eigenvalue weighted by Gasteiger charge is -2.63. The number of aliphatic hydroxyl groups excluding tert-OH is 1. The highest BCUT2D eigenvalue weighted by Crippen LogP contribution is 2.73. The van der Waals surface area contributed by atoms with E-state index in [4.69, 9.17) is 0 Å². The summed E-state index contributed by atoms with van der Waals surface area (Å²) < 4.78 is 0. The Labute approximate surface area is 193 Å². The van der Waals surface area contributed by atoms with Crippen LogP contribution in [0, 0.1) is 45.8 Å². The van der Waals surface area contributed by atoms with Gasteiger partial charge >= 0.3 is 0 Å². The molecule has 1 N–H and O–H groups in total. The van der Waals surface area contributed by atoms with Gasteiger partial charge in [0.25, 0.3) is 0 Å². The molecule has 0 aromatic rings. The molecule has 1 nitrogen and oxygen atoms in total. The zero-order valence-corrected chi connectivity index (χ0v) is 21.9. The van der Waals surface area contributed by atoms with Crippen LogP contribution in [0.25, 0.3) is 0 Å². The molecule has 0 aliphatic heterocycles. The van der Waals surface area contributed by atoms with Crippen molar-refractivity contribution >= 4 is 0 Å². The number of hydrogen-bond donors (Lipinski definition) is 1. The van der Waals surface area contributed by atoms with E-state index in [0.717, 1.165) is 30.1 Å². The van der Waals surface area contributed by atoms with Crippen molar-refractivity contribution in [3.8, 4) is 0 Å². The van der Waals surface area contributed by atoms with E-state index in [9.17, 15) is 5.11 Å². The summed E-state index contributed by atoms with van der Waals surface area (Å²) in [4.78, 5) is 0. The summed E-state index contributed by atoms with van der Waals surface area (Å²) in [5, 5.41) is 10.5. The van der Waals surface area contributed by atoms with Crippen LogP contribution in [0.2, 0.25) is 0 Å². The Kier molecular flexibility index (Phi) is 6.11. The molecule has 0 saturated heterocycles. The van der Waals surface area contributed by atoms with Gasteiger partial charge < -0.3 is 5.11 Å². The highest BCUT2D eigenvalue weighted by molar-refractivity contribution is 5.28. The predicted molar refractivity (Wildman–Crippen MR) is 133 cm³/mol. The van der Waals surface area contributed by atoms with Gasteiger partial charge in [0.15, 0.2) is 0 Å². The molecule has 0 radical (unpaired) electrons. The third-order valence-electron chi connectivity index (χ3n) is 12.0. The first-order valence-electron chi connectivity index (χ1n) is 13.5. The molecule has 0 bridgehead atoms. The van der Waals surface area contributed by atoms with E-state index in [-0.39, 0.29) is 6.10 Å². The number of hydrogen-bond acceptors (Lipinski definition) is 1. The quantitative estimate of drug-likeness (QED) is 0.448. The first-order chi connectivity index (χ1) is 14.5. The van der Waals surface area contributed by atoms with Crippen LogP contribution in [-0.4, -0.2) is 11.2 Å². The van der Waals surface area contributed by atoms with Crippen molar-refractivity contribution < 1.29 is 5.11 Å². The van der Waals surface area contributed by atoms with Gasteiger partial charge in [-0.25, -0.2) is 0 Å². The molecule has 3 fully saturated rings. The maximum absolute atomic E-state index is 10.5. The number of allylic oxidation sites excluding steroid dienone is 3. The van der Waals surface area contributed by atoms with Crippen LogP contribution in [0.4, 0.5) is 0 Å². The SMILES string of the molecule is CC(C)=C(C)CCC(C)C1CCC2(C)C3CC=C4C(C)C(O)CCC4(C)C3CCC12C. The first kappa shape index (κ1) is 23.6. The molecule has 3 saturated carbocycles. The fraction of sp³-hybridized carbons (Fsp3) is 0.867. The lowest BCUT2D eigenvalue weighted by Crippen LogP contribution is -2.56. The third kappa shape index (κ3) is 3.43. The molecule has 9 atom stereocenters. The Hall–Kier alpha value is -0.560. The van der Waals surface area contributed by atoms with E-state index in [1.165, 1.54) is 56.9 Å². The molecule has 31 heavy (non-hydrogen) atoms. The van der Waals surface area contributed by atoms with E-state index in [1.807, 2.05) is 0 Å². The molecular formula is C30H50O. The Bertz CT molecular complexity index is 756. The number of aliphatic hydroxyl groups is 1. The Morgan fingerprint density at radius 2 is 1.68 bits per heavy atom. The Morgan fingerprint density at radius 3 is 2.35 bits per heavy atom. The third-order valence-corrected chi connectivity index (χ3v) is 12.0. The van der Waals surface area contributed by atoms with E-state index in [1.54, 1.807) is 11.1 Å². The van der Waals surface area contributed by atoms with Crippen molar-refractivity contribution in [2.24, 2.45) is 45.8 Å². The van der Waals surface area contributed by atoms with Gasteiger partial charge in [-0.3, -0.25) is 0 Å². The van der Waals surface area contributed by atoms with Crippen LogP contribution >= 0.6 is 0 Å². The first-order valence-corrected chi connectivity index (χ1v) is 13.5. The Balaban J connectivity index is 1.58. The van der Waals surface area contributed by atoms with Gasteiger partial charge in [-0.15, -0.1) is 0 Å². The minimum Gasteiger partial charge on any atom is -0.393 e. The zero-order valence-electron chi connectivity index (χ0n) is 21.9. The average molecular weight is 427 g/mol. The second kappa shape index (κ2) is 8.03. The molecule has 176 valence electrons. The minimum atomic E-state index is -0.124. The van der Waals surface area contributed by atoms with Gasteiger partial charge in [0.2, 0.25) is 0 Å².